The number of benzene rings is 1. The zero-order valence-electron chi connectivity index (χ0n) is 11.8. The summed E-state index contributed by atoms with van der Waals surface area (Å²) in [4.78, 5) is 0.0575. The Balaban J connectivity index is 3.46. The minimum atomic E-state index is -3.68. The molecule has 20 heavy (non-hydrogen) atoms. The van der Waals surface area contributed by atoms with Crippen molar-refractivity contribution in [1.29, 1.82) is 0 Å². The molecule has 0 aliphatic rings. The van der Waals surface area contributed by atoms with Crippen LogP contribution in [0.15, 0.2) is 29.7 Å². The van der Waals surface area contributed by atoms with Crippen molar-refractivity contribution in [1.82, 2.24) is 9.62 Å². The Morgan fingerprint density at radius 3 is 2.65 bits per heavy atom. The van der Waals surface area contributed by atoms with Crippen LogP contribution in [-0.4, -0.2) is 40.5 Å². The van der Waals surface area contributed by atoms with E-state index in [1.807, 2.05) is 0 Å². The highest BCUT2D eigenvalue weighted by molar-refractivity contribution is 7.89. The first kappa shape index (κ1) is 17.0. The van der Waals surface area contributed by atoms with Crippen molar-refractivity contribution in [2.75, 3.05) is 27.7 Å². The highest BCUT2D eigenvalue weighted by atomic mass is 35.5. The van der Waals surface area contributed by atoms with E-state index in [-0.39, 0.29) is 11.4 Å². The van der Waals surface area contributed by atoms with Crippen molar-refractivity contribution in [3.63, 3.8) is 0 Å². The average molecular weight is 319 g/mol. The van der Waals surface area contributed by atoms with Crippen molar-refractivity contribution in [3.8, 4) is 5.75 Å². The zero-order valence-corrected chi connectivity index (χ0v) is 13.4. The number of rotatable bonds is 7. The molecule has 1 aromatic rings. The lowest BCUT2D eigenvalue weighted by Crippen LogP contribution is -2.27. The molecule has 0 fully saturated rings. The summed E-state index contributed by atoms with van der Waals surface area (Å²) >= 11 is 6.02. The van der Waals surface area contributed by atoms with Gasteiger partial charge >= 0.3 is 0 Å². The third-order valence-electron chi connectivity index (χ3n) is 2.74. The van der Waals surface area contributed by atoms with E-state index in [2.05, 4.69) is 11.9 Å². The second kappa shape index (κ2) is 7.08. The molecule has 0 saturated carbocycles. The van der Waals surface area contributed by atoms with Crippen molar-refractivity contribution in [2.24, 2.45) is 0 Å². The molecule has 1 N–H and O–H groups in total. The van der Waals surface area contributed by atoms with E-state index in [1.54, 1.807) is 13.1 Å². The third kappa shape index (κ3) is 3.52. The Labute approximate surface area is 125 Å². The van der Waals surface area contributed by atoms with Gasteiger partial charge in [0.1, 0.15) is 10.6 Å². The molecule has 0 heterocycles. The molecule has 112 valence electrons. The maximum atomic E-state index is 12.5. The van der Waals surface area contributed by atoms with Crippen molar-refractivity contribution in [3.05, 3.63) is 35.4 Å². The molecule has 7 heteroatoms. The fourth-order valence-corrected chi connectivity index (χ4v) is 3.48. The zero-order chi connectivity index (χ0) is 15.3. The van der Waals surface area contributed by atoms with Crippen LogP contribution >= 0.6 is 11.6 Å². The first-order valence-electron chi connectivity index (χ1n) is 5.96. The van der Waals surface area contributed by atoms with Gasteiger partial charge in [-0.2, -0.15) is 4.31 Å². The molecule has 0 aromatic heterocycles. The molecule has 1 aromatic carbocycles. The number of nitrogens with one attached hydrogen (secondary N) is 1. The topological polar surface area (TPSA) is 58.6 Å². The largest absolute Gasteiger partial charge is 0.495 e. The van der Waals surface area contributed by atoms with Gasteiger partial charge in [-0.05, 0) is 19.2 Å². The number of nitrogens with zero attached hydrogens (tertiary/aromatic N) is 1. The van der Waals surface area contributed by atoms with Crippen LogP contribution in [0, 0.1) is 0 Å². The molecular weight excluding hydrogens is 300 g/mol. The standard InChI is InChI=1S/C13H19ClN2O3S/c1-5-6-16(3)20(17,18)12-8-11(14)7-10(9-15-2)13(12)19-4/h5,7-8,15H,1,6,9H2,2-4H3. The van der Waals surface area contributed by atoms with Gasteiger partial charge in [-0.25, -0.2) is 8.42 Å². The SMILES string of the molecule is C=CCN(C)S(=O)(=O)c1cc(Cl)cc(CNC)c1OC. The molecule has 0 aliphatic carbocycles. The number of hydrogen-bond donors (Lipinski definition) is 1. The summed E-state index contributed by atoms with van der Waals surface area (Å²) in [7, 11) is 1.00. The highest BCUT2D eigenvalue weighted by Gasteiger charge is 2.26. The van der Waals surface area contributed by atoms with Gasteiger partial charge in [-0.15, -0.1) is 6.58 Å². The quantitative estimate of drug-likeness (QED) is 0.780. The molecule has 5 nitrogen and oxygen atoms in total. The van der Waals surface area contributed by atoms with Gasteiger partial charge in [-0.1, -0.05) is 17.7 Å². The van der Waals surface area contributed by atoms with Gasteiger partial charge in [0.05, 0.1) is 7.11 Å². The first-order chi connectivity index (χ1) is 9.38. The van der Waals surface area contributed by atoms with Crippen LogP contribution in [0.4, 0.5) is 0 Å². The van der Waals surface area contributed by atoms with Crippen LogP contribution in [0.2, 0.25) is 5.02 Å². The van der Waals surface area contributed by atoms with E-state index in [0.717, 1.165) is 0 Å². The van der Waals surface area contributed by atoms with Gasteiger partial charge in [0.15, 0.2) is 0 Å². The van der Waals surface area contributed by atoms with Gasteiger partial charge in [0, 0.05) is 30.7 Å². The summed E-state index contributed by atoms with van der Waals surface area (Å²) in [6.07, 6.45) is 1.52. The summed E-state index contributed by atoms with van der Waals surface area (Å²) < 4.78 is 31.5. The summed E-state index contributed by atoms with van der Waals surface area (Å²) in [6.45, 7) is 4.21. The number of methoxy groups -OCH3 is 1. The van der Waals surface area contributed by atoms with Crippen LogP contribution in [0.25, 0.3) is 0 Å². The fraction of sp³-hybridized carbons (Fsp3) is 0.385. The molecule has 0 bridgehead atoms. The van der Waals surface area contributed by atoms with Gasteiger partial charge in [-0.3, -0.25) is 0 Å². The van der Waals surface area contributed by atoms with Crippen LogP contribution in [-0.2, 0) is 16.6 Å². The number of ether oxygens (including phenoxy) is 1. The molecule has 1 rings (SSSR count). The molecule has 0 atom stereocenters. The normalized spacial score (nSPS) is 11.7. The van der Waals surface area contributed by atoms with E-state index in [0.29, 0.717) is 22.9 Å². The molecule has 0 radical (unpaired) electrons. The second-order valence-electron chi connectivity index (χ2n) is 4.20. The first-order valence-corrected chi connectivity index (χ1v) is 7.78. The van der Waals surface area contributed by atoms with Crippen molar-refractivity contribution < 1.29 is 13.2 Å². The number of halogens is 1. The Bertz CT molecular complexity index is 588. The van der Waals surface area contributed by atoms with E-state index >= 15 is 0 Å². The molecule has 0 spiro atoms. The van der Waals surface area contributed by atoms with Crippen molar-refractivity contribution >= 4 is 21.6 Å². The van der Waals surface area contributed by atoms with E-state index < -0.39 is 10.0 Å². The maximum Gasteiger partial charge on any atom is 0.246 e. The molecule has 0 saturated heterocycles. The predicted molar refractivity (Wildman–Crippen MR) is 80.8 cm³/mol. The van der Waals surface area contributed by atoms with Crippen LogP contribution in [0.5, 0.6) is 5.75 Å². The van der Waals surface area contributed by atoms with E-state index in [1.165, 1.54) is 30.6 Å². The Hall–Kier alpha value is -1.08. The van der Waals surface area contributed by atoms with Gasteiger partial charge in [0.25, 0.3) is 0 Å². The lowest BCUT2D eigenvalue weighted by molar-refractivity contribution is 0.393. The lowest BCUT2D eigenvalue weighted by Gasteiger charge is -2.19. The number of hydrogen-bond acceptors (Lipinski definition) is 4. The van der Waals surface area contributed by atoms with E-state index in [4.69, 9.17) is 16.3 Å². The highest BCUT2D eigenvalue weighted by Crippen LogP contribution is 2.33. The smallest absolute Gasteiger partial charge is 0.246 e. The maximum absolute atomic E-state index is 12.5. The minimum Gasteiger partial charge on any atom is -0.495 e. The van der Waals surface area contributed by atoms with Crippen LogP contribution < -0.4 is 10.1 Å². The Morgan fingerprint density at radius 2 is 2.15 bits per heavy atom. The van der Waals surface area contributed by atoms with Gasteiger partial charge in [0.2, 0.25) is 10.0 Å². The molecule has 0 unspecified atom stereocenters. The summed E-state index contributed by atoms with van der Waals surface area (Å²) in [5.41, 5.74) is 0.688. The predicted octanol–water partition coefficient (Wildman–Crippen LogP) is 1.87. The van der Waals surface area contributed by atoms with Crippen LogP contribution in [0.1, 0.15) is 5.56 Å². The monoisotopic (exact) mass is 318 g/mol. The Kier molecular flexibility index (Phi) is 6.01. The fourth-order valence-electron chi connectivity index (χ4n) is 1.82. The van der Waals surface area contributed by atoms with E-state index in [9.17, 15) is 8.42 Å². The third-order valence-corrected chi connectivity index (χ3v) is 4.79. The lowest BCUT2D eigenvalue weighted by atomic mass is 10.2. The Morgan fingerprint density at radius 1 is 1.50 bits per heavy atom. The average Bonchev–Trinajstić information content (AvgIpc) is 2.38. The summed E-state index contributed by atoms with van der Waals surface area (Å²) in [6, 6.07) is 3.08. The van der Waals surface area contributed by atoms with Gasteiger partial charge < -0.3 is 10.1 Å². The summed E-state index contributed by atoms with van der Waals surface area (Å²) in [5.74, 6) is 0.305. The van der Waals surface area contributed by atoms with Crippen LogP contribution in [0.3, 0.4) is 0 Å². The second-order valence-corrected chi connectivity index (χ2v) is 6.65. The number of sulfonamides is 1. The molecule has 0 amide bonds. The summed E-state index contributed by atoms with van der Waals surface area (Å²) in [5, 5.41) is 3.30. The number of likely N-dealkylation sites (N-methyl/N-ethyl adjacent to an activating group) is 1. The molecule has 0 aliphatic heterocycles. The minimum absolute atomic E-state index is 0.0575. The van der Waals surface area contributed by atoms with Crippen molar-refractivity contribution in [2.45, 2.75) is 11.4 Å². The molecular formula is C13H19ClN2O3S.